The molecule has 5 rings (SSSR count). The average molecular weight is 735 g/mol. The third kappa shape index (κ3) is 8.46. The molecule has 1 aliphatic carbocycles. The molecule has 0 radical (unpaired) electrons. The second kappa shape index (κ2) is 15.1. The van der Waals surface area contributed by atoms with Crippen LogP contribution in [0.5, 0.6) is 0 Å². The number of carboxylic acids is 1. The number of halogens is 1. The first-order valence-electron chi connectivity index (χ1n) is 16.0. The van der Waals surface area contributed by atoms with Gasteiger partial charge in [0.1, 0.15) is 35.5 Å². The van der Waals surface area contributed by atoms with Crippen LogP contribution in [0.3, 0.4) is 0 Å². The van der Waals surface area contributed by atoms with Gasteiger partial charge in [0, 0.05) is 42.2 Å². The average Bonchev–Trinajstić information content (AvgIpc) is 3.88. The van der Waals surface area contributed by atoms with Crippen molar-refractivity contribution in [2.45, 2.75) is 38.3 Å². The fraction of sp³-hybridized carbons (Fsp3) is 0.250. The smallest absolute Gasteiger partial charge is 0.376 e. The van der Waals surface area contributed by atoms with Gasteiger partial charge in [0.05, 0.1) is 17.5 Å². The summed E-state index contributed by atoms with van der Waals surface area (Å²) in [4.78, 5) is 61.4. The van der Waals surface area contributed by atoms with Gasteiger partial charge < -0.3 is 30.6 Å². The van der Waals surface area contributed by atoms with Crippen molar-refractivity contribution in [2.24, 2.45) is 0 Å². The number of aliphatic hydroxyl groups excluding tert-OH is 1. The van der Waals surface area contributed by atoms with Gasteiger partial charge in [0.25, 0.3) is 11.7 Å². The highest BCUT2D eigenvalue weighted by Crippen LogP contribution is 2.48. The van der Waals surface area contributed by atoms with Gasteiger partial charge in [0.2, 0.25) is 21.8 Å². The molecule has 0 spiro atoms. The van der Waals surface area contributed by atoms with Gasteiger partial charge in [-0.15, -0.1) is 0 Å². The number of rotatable bonds is 14. The minimum absolute atomic E-state index is 0.0494. The van der Waals surface area contributed by atoms with E-state index >= 15 is 0 Å². The largest absolute Gasteiger partial charge is 0.507 e. The quantitative estimate of drug-likeness (QED) is 0.0721. The summed E-state index contributed by atoms with van der Waals surface area (Å²) in [6.07, 6.45) is 3.00. The van der Waals surface area contributed by atoms with Gasteiger partial charge in [-0.05, 0) is 73.2 Å². The fourth-order valence-corrected chi connectivity index (χ4v) is 6.42. The van der Waals surface area contributed by atoms with Gasteiger partial charge in [-0.3, -0.25) is 23.5 Å². The molecule has 4 aromatic rings. The third-order valence-corrected chi connectivity index (χ3v) is 9.44. The van der Waals surface area contributed by atoms with Gasteiger partial charge >= 0.3 is 5.97 Å². The molecule has 1 heterocycles. The molecule has 1 saturated carbocycles. The van der Waals surface area contributed by atoms with Crippen LogP contribution in [-0.2, 0) is 35.7 Å². The summed E-state index contributed by atoms with van der Waals surface area (Å²) >= 11 is 0. The zero-order valence-electron chi connectivity index (χ0n) is 28.2. The molecule has 1 unspecified atom stereocenters. The lowest BCUT2D eigenvalue weighted by atomic mass is 10.0. The summed E-state index contributed by atoms with van der Waals surface area (Å²) in [7, 11) is -2.63. The van der Waals surface area contributed by atoms with Crippen molar-refractivity contribution in [3.05, 3.63) is 94.8 Å². The Morgan fingerprint density at radius 3 is 2.35 bits per heavy atom. The van der Waals surface area contributed by atoms with Crippen molar-refractivity contribution in [3.8, 4) is 11.3 Å². The molecular formula is C36H35FN4O10S. The minimum atomic E-state index is -4.09. The first-order valence-corrected chi connectivity index (χ1v) is 17.8. The third-order valence-electron chi connectivity index (χ3n) is 8.31. The molecule has 14 nitrogen and oxygen atoms in total. The number of anilines is 1. The number of nitrogens with zero attached hydrogens (tertiary/aromatic N) is 1. The number of hydrogen-bond acceptors (Lipinski definition) is 9. The van der Waals surface area contributed by atoms with Gasteiger partial charge in [-0.1, -0.05) is 18.2 Å². The predicted molar refractivity (Wildman–Crippen MR) is 188 cm³/mol. The number of carboxylic acid groups (broad SMARTS) is 1. The number of sulfonamides is 1. The SMILES string of the molecule is CNC(=O)c1c(-c2ccc(F)cc2)oc2cc(N(CC(=O)NC(C)C(=O)NCc3cccc(/C(O)=C/C(=O)C(=O)O)c3)S(C)(=O)=O)c(C3CC3)cc12. The number of amides is 3. The topological polar surface area (TPSA) is 212 Å². The van der Waals surface area contributed by atoms with E-state index in [1.165, 1.54) is 62.5 Å². The number of aliphatic carboxylic acids is 1. The van der Waals surface area contributed by atoms with E-state index in [4.69, 9.17) is 9.52 Å². The number of hydrogen-bond donors (Lipinski definition) is 5. The van der Waals surface area contributed by atoms with Crippen molar-refractivity contribution in [3.63, 3.8) is 0 Å². The van der Waals surface area contributed by atoms with E-state index in [9.17, 15) is 41.9 Å². The Hall–Kier alpha value is -6.03. The first kappa shape index (κ1) is 37.2. The molecule has 0 aliphatic heterocycles. The van der Waals surface area contributed by atoms with E-state index in [1.807, 2.05) is 0 Å². The van der Waals surface area contributed by atoms with E-state index < -0.39 is 63.7 Å². The molecule has 52 heavy (non-hydrogen) atoms. The Balaban J connectivity index is 1.36. The van der Waals surface area contributed by atoms with Crippen LogP contribution in [0.4, 0.5) is 10.1 Å². The molecule has 3 amide bonds. The maximum absolute atomic E-state index is 13.7. The molecule has 1 aliphatic rings. The Bertz CT molecular complexity index is 2230. The number of ketones is 1. The van der Waals surface area contributed by atoms with E-state index in [0.717, 1.165) is 23.4 Å². The molecule has 1 aromatic heterocycles. The summed E-state index contributed by atoms with van der Waals surface area (Å²) in [5.74, 6) is -5.86. The van der Waals surface area contributed by atoms with E-state index in [2.05, 4.69) is 16.0 Å². The zero-order chi connectivity index (χ0) is 37.9. The second-order valence-corrected chi connectivity index (χ2v) is 14.2. The van der Waals surface area contributed by atoms with Crippen molar-refractivity contribution >= 4 is 61.9 Å². The van der Waals surface area contributed by atoms with Gasteiger partial charge in [0.15, 0.2) is 0 Å². The van der Waals surface area contributed by atoms with Crippen molar-refractivity contribution in [1.29, 1.82) is 0 Å². The van der Waals surface area contributed by atoms with Crippen molar-refractivity contribution in [1.82, 2.24) is 16.0 Å². The van der Waals surface area contributed by atoms with Crippen LogP contribution in [0.1, 0.15) is 52.7 Å². The summed E-state index contributed by atoms with van der Waals surface area (Å²) < 4.78 is 47.1. The summed E-state index contributed by atoms with van der Waals surface area (Å²) in [5.41, 5.74) is 2.16. The predicted octanol–water partition coefficient (Wildman–Crippen LogP) is 3.62. The lowest BCUT2D eigenvalue weighted by Crippen LogP contribution is -2.48. The molecule has 16 heteroatoms. The van der Waals surface area contributed by atoms with Crippen LogP contribution in [0.25, 0.3) is 28.1 Å². The summed E-state index contributed by atoms with van der Waals surface area (Å²) in [5, 5.41) is 27.0. The lowest BCUT2D eigenvalue weighted by Gasteiger charge is -2.25. The first-order chi connectivity index (χ1) is 24.6. The van der Waals surface area contributed by atoms with Crippen LogP contribution < -0.4 is 20.3 Å². The fourth-order valence-electron chi connectivity index (χ4n) is 5.56. The Kier molecular flexibility index (Phi) is 10.8. The normalized spacial score (nSPS) is 13.7. The van der Waals surface area contributed by atoms with Gasteiger partial charge in [-0.25, -0.2) is 17.6 Å². The van der Waals surface area contributed by atoms with Crippen molar-refractivity contribution in [2.75, 3.05) is 24.2 Å². The van der Waals surface area contributed by atoms with E-state index in [1.54, 1.807) is 12.1 Å². The molecule has 0 bridgehead atoms. The number of furan rings is 1. The second-order valence-electron chi connectivity index (χ2n) is 12.2. The van der Waals surface area contributed by atoms with Crippen LogP contribution in [0.15, 0.2) is 71.2 Å². The number of fused-ring (bicyclic) bond motifs is 1. The van der Waals surface area contributed by atoms with Crippen molar-refractivity contribution < 1.29 is 51.4 Å². The number of carbonyl (C=O) groups is 5. The highest BCUT2D eigenvalue weighted by molar-refractivity contribution is 7.92. The Morgan fingerprint density at radius 2 is 1.73 bits per heavy atom. The molecule has 1 fully saturated rings. The zero-order valence-corrected chi connectivity index (χ0v) is 29.0. The molecule has 5 N–H and O–H groups in total. The standard InChI is InChI=1S/C36H35FN4O10S/c1-19(34(45)39-17-20-5-4-6-23(13-20)28(42)16-29(43)36(47)48)40-31(44)18-41(52(3,49)50)27-15-30-26(14-25(27)21-7-8-21)32(35(46)38-2)33(51-30)22-9-11-24(37)12-10-22/h4-6,9-16,19,21,42H,7-8,17-18H2,1-3H3,(H,38,46)(H,39,45)(H,40,44)(H,47,48)/b28-16-. The highest BCUT2D eigenvalue weighted by atomic mass is 32.2. The van der Waals surface area contributed by atoms with E-state index in [0.29, 0.717) is 28.2 Å². The molecule has 272 valence electrons. The maximum atomic E-state index is 13.7. The summed E-state index contributed by atoms with van der Waals surface area (Å²) in [6, 6.07) is 13.4. The Morgan fingerprint density at radius 1 is 1.04 bits per heavy atom. The monoisotopic (exact) mass is 734 g/mol. The molecule has 1 atom stereocenters. The number of nitrogens with one attached hydrogen (secondary N) is 3. The van der Waals surface area contributed by atoms with Crippen LogP contribution in [0.2, 0.25) is 0 Å². The maximum Gasteiger partial charge on any atom is 0.376 e. The number of benzene rings is 3. The van der Waals surface area contributed by atoms with Crippen LogP contribution in [0, 0.1) is 5.82 Å². The Labute approximate surface area is 297 Å². The van der Waals surface area contributed by atoms with Gasteiger partial charge in [-0.2, -0.15) is 0 Å². The van der Waals surface area contributed by atoms with Crippen LogP contribution >= 0.6 is 0 Å². The molecular weight excluding hydrogens is 699 g/mol. The lowest BCUT2D eigenvalue weighted by molar-refractivity contribution is -0.146. The van der Waals surface area contributed by atoms with Crippen LogP contribution in [-0.4, -0.2) is 74.0 Å². The highest BCUT2D eigenvalue weighted by Gasteiger charge is 2.34. The van der Waals surface area contributed by atoms with E-state index in [-0.39, 0.29) is 40.6 Å². The molecule has 0 saturated heterocycles. The molecule has 3 aromatic carbocycles. The number of carbonyl (C=O) groups excluding carboxylic acids is 4. The summed E-state index contributed by atoms with van der Waals surface area (Å²) in [6.45, 7) is 0.662. The minimum Gasteiger partial charge on any atom is -0.507 e. The number of aliphatic hydroxyl groups is 1.